The summed E-state index contributed by atoms with van der Waals surface area (Å²) in [7, 11) is 0. The minimum atomic E-state index is -0.756. The van der Waals surface area contributed by atoms with Crippen LogP contribution in [0.15, 0.2) is 69.9 Å². The quantitative estimate of drug-likeness (QED) is 0.620. The molecule has 1 atom stereocenters. The number of nitrogens with zero attached hydrogens (tertiary/aromatic N) is 1. The predicted octanol–water partition coefficient (Wildman–Crippen LogP) is 5.09. The van der Waals surface area contributed by atoms with Gasteiger partial charge in [-0.15, -0.1) is 11.3 Å². The van der Waals surface area contributed by atoms with Gasteiger partial charge in [0, 0.05) is 15.6 Å². The number of ketones is 1. The van der Waals surface area contributed by atoms with Crippen molar-refractivity contribution in [3.63, 3.8) is 0 Å². The van der Waals surface area contributed by atoms with E-state index < -0.39 is 23.5 Å². The van der Waals surface area contributed by atoms with Gasteiger partial charge < -0.3 is 9.52 Å². The van der Waals surface area contributed by atoms with E-state index in [1.54, 1.807) is 30.3 Å². The zero-order valence-electron chi connectivity index (χ0n) is 14.2. The average molecular weight is 400 g/mol. The average Bonchev–Trinajstić information content (AvgIpc) is 3.36. The van der Waals surface area contributed by atoms with Gasteiger partial charge in [-0.2, -0.15) is 0 Å². The Kier molecular flexibility index (Phi) is 4.37. The largest absolute Gasteiger partial charge is 0.503 e. The first-order valence-electron chi connectivity index (χ1n) is 8.13. The van der Waals surface area contributed by atoms with Crippen molar-refractivity contribution in [2.24, 2.45) is 0 Å². The third-order valence-corrected chi connectivity index (χ3v) is 5.74. The number of carbonyl (C=O) groups is 2. The third kappa shape index (κ3) is 2.87. The molecule has 0 saturated carbocycles. The molecule has 0 radical (unpaired) electrons. The summed E-state index contributed by atoms with van der Waals surface area (Å²) in [5.74, 6) is -1.68. The first-order chi connectivity index (χ1) is 13.0. The molecule has 1 unspecified atom stereocenters. The van der Waals surface area contributed by atoms with E-state index in [2.05, 4.69) is 0 Å². The van der Waals surface area contributed by atoms with Crippen LogP contribution in [-0.2, 0) is 4.79 Å². The smallest absolute Gasteiger partial charge is 0.294 e. The molecule has 3 aromatic rings. The van der Waals surface area contributed by atoms with E-state index >= 15 is 0 Å². The normalized spacial score (nSPS) is 17.0. The van der Waals surface area contributed by atoms with Crippen molar-refractivity contribution in [2.45, 2.75) is 13.0 Å². The molecule has 7 heteroatoms. The molecule has 0 spiro atoms. The minimum absolute atomic E-state index is 0.000440. The number of thiophene rings is 1. The molecular weight excluding hydrogens is 386 g/mol. The topological polar surface area (TPSA) is 70.7 Å². The summed E-state index contributed by atoms with van der Waals surface area (Å²) in [6.07, 6.45) is 1.38. The summed E-state index contributed by atoms with van der Waals surface area (Å²) in [4.78, 5) is 28.1. The van der Waals surface area contributed by atoms with Crippen molar-refractivity contribution in [2.75, 3.05) is 4.90 Å². The van der Waals surface area contributed by atoms with Gasteiger partial charge >= 0.3 is 0 Å². The first kappa shape index (κ1) is 17.6. The monoisotopic (exact) mass is 399 g/mol. The Morgan fingerprint density at radius 1 is 1.26 bits per heavy atom. The zero-order valence-corrected chi connectivity index (χ0v) is 15.8. The second-order valence-electron chi connectivity index (χ2n) is 6.09. The van der Waals surface area contributed by atoms with Crippen LogP contribution in [0.4, 0.5) is 5.69 Å². The summed E-state index contributed by atoms with van der Waals surface area (Å²) >= 11 is 7.51. The van der Waals surface area contributed by atoms with E-state index in [9.17, 15) is 14.7 Å². The van der Waals surface area contributed by atoms with Gasteiger partial charge in [0.25, 0.3) is 5.91 Å². The number of benzene rings is 1. The second kappa shape index (κ2) is 6.72. The highest BCUT2D eigenvalue weighted by molar-refractivity contribution is 7.10. The lowest BCUT2D eigenvalue weighted by Gasteiger charge is -2.26. The summed E-state index contributed by atoms with van der Waals surface area (Å²) < 4.78 is 5.20. The van der Waals surface area contributed by atoms with Gasteiger partial charge in [0.1, 0.15) is 6.04 Å². The number of hydrogen-bond acceptors (Lipinski definition) is 5. The summed E-state index contributed by atoms with van der Waals surface area (Å²) in [6.45, 7) is 1.90. The lowest BCUT2D eigenvalue weighted by molar-refractivity contribution is -0.117. The standard InChI is InChI=1S/C20H14ClNO4S/c1-11-7-9-27-19(11)16-15(17(23)14-6-3-8-26-14)18(24)20(25)22(16)13-5-2-4-12(21)10-13/h2-10,16,24H,1H3. The fourth-order valence-electron chi connectivity index (χ4n) is 3.18. The Morgan fingerprint density at radius 2 is 2.07 bits per heavy atom. The molecule has 1 aliphatic rings. The summed E-state index contributed by atoms with van der Waals surface area (Å²) in [5, 5.41) is 12.9. The number of amides is 1. The SMILES string of the molecule is Cc1ccsc1C1C(C(=O)c2ccco2)=C(O)C(=O)N1c1cccc(Cl)c1. The number of aliphatic hydroxyl groups is 1. The number of Topliss-reactive ketones (excluding diaryl/α,β-unsaturated/α-hetero) is 1. The van der Waals surface area contributed by atoms with E-state index in [4.69, 9.17) is 16.0 Å². The summed E-state index contributed by atoms with van der Waals surface area (Å²) in [5.41, 5.74) is 1.42. The second-order valence-corrected chi connectivity index (χ2v) is 7.48. The van der Waals surface area contributed by atoms with Gasteiger partial charge in [0.15, 0.2) is 11.5 Å². The molecule has 136 valence electrons. The lowest BCUT2D eigenvalue weighted by Crippen LogP contribution is -2.30. The Morgan fingerprint density at radius 3 is 2.70 bits per heavy atom. The van der Waals surface area contributed by atoms with E-state index in [1.807, 2.05) is 18.4 Å². The Balaban J connectivity index is 1.90. The van der Waals surface area contributed by atoms with Crippen LogP contribution in [0.2, 0.25) is 5.02 Å². The molecule has 0 aliphatic carbocycles. The molecule has 0 saturated heterocycles. The number of rotatable bonds is 4. The first-order valence-corrected chi connectivity index (χ1v) is 9.39. The molecule has 0 fully saturated rings. The molecule has 1 aliphatic heterocycles. The van der Waals surface area contributed by atoms with Crippen LogP contribution in [0.1, 0.15) is 27.0 Å². The maximum Gasteiger partial charge on any atom is 0.294 e. The Hall–Kier alpha value is -2.83. The van der Waals surface area contributed by atoms with Gasteiger partial charge in [0.2, 0.25) is 5.78 Å². The van der Waals surface area contributed by atoms with Crippen molar-refractivity contribution < 1.29 is 19.1 Å². The fourth-order valence-corrected chi connectivity index (χ4v) is 4.39. The van der Waals surface area contributed by atoms with Crippen molar-refractivity contribution in [1.82, 2.24) is 0 Å². The van der Waals surface area contributed by atoms with Crippen LogP contribution >= 0.6 is 22.9 Å². The van der Waals surface area contributed by atoms with Crippen LogP contribution in [0, 0.1) is 6.92 Å². The molecule has 1 amide bonds. The molecule has 2 aromatic heterocycles. The number of anilines is 1. The highest BCUT2D eigenvalue weighted by Gasteiger charge is 2.46. The van der Waals surface area contributed by atoms with Gasteiger partial charge in [-0.05, 0) is 54.3 Å². The number of aryl methyl sites for hydroxylation is 1. The fraction of sp³-hybridized carbons (Fsp3) is 0.100. The van der Waals surface area contributed by atoms with Gasteiger partial charge in [0.05, 0.1) is 11.8 Å². The number of aliphatic hydroxyl groups excluding tert-OH is 1. The molecule has 1 aromatic carbocycles. The molecule has 5 nitrogen and oxygen atoms in total. The summed E-state index contributed by atoms with van der Waals surface area (Å²) in [6, 6.07) is 11.0. The lowest BCUT2D eigenvalue weighted by atomic mass is 9.98. The van der Waals surface area contributed by atoms with Crippen LogP contribution in [-0.4, -0.2) is 16.8 Å². The number of hydrogen-bond donors (Lipinski definition) is 1. The predicted molar refractivity (Wildman–Crippen MR) is 103 cm³/mol. The van der Waals surface area contributed by atoms with E-state index in [-0.39, 0.29) is 11.3 Å². The Bertz CT molecular complexity index is 1070. The van der Waals surface area contributed by atoms with Crippen molar-refractivity contribution in [1.29, 1.82) is 0 Å². The maximum absolute atomic E-state index is 13.0. The third-order valence-electron chi connectivity index (χ3n) is 4.43. The number of halogens is 1. The molecule has 3 heterocycles. The number of carbonyl (C=O) groups excluding carboxylic acids is 2. The van der Waals surface area contributed by atoms with E-state index in [0.717, 1.165) is 10.4 Å². The van der Waals surface area contributed by atoms with Gasteiger partial charge in [-0.3, -0.25) is 14.5 Å². The zero-order chi connectivity index (χ0) is 19.1. The number of furan rings is 1. The highest BCUT2D eigenvalue weighted by Crippen LogP contribution is 2.44. The van der Waals surface area contributed by atoms with E-state index in [1.165, 1.54) is 28.6 Å². The minimum Gasteiger partial charge on any atom is -0.503 e. The van der Waals surface area contributed by atoms with E-state index in [0.29, 0.717) is 10.7 Å². The van der Waals surface area contributed by atoms with Crippen LogP contribution in [0.25, 0.3) is 0 Å². The van der Waals surface area contributed by atoms with Gasteiger partial charge in [-0.1, -0.05) is 17.7 Å². The van der Waals surface area contributed by atoms with Gasteiger partial charge in [-0.25, -0.2) is 0 Å². The van der Waals surface area contributed by atoms with Crippen molar-refractivity contribution in [3.8, 4) is 0 Å². The highest BCUT2D eigenvalue weighted by atomic mass is 35.5. The van der Waals surface area contributed by atoms with Crippen LogP contribution in [0.3, 0.4) is 0 Å². The maximum atomic E-state index is 13.0. The molecule has 27 heavy (non-hydrogen) atoms. The molecule has 4 rings (SSSR count). The van der Waals surface area contributed by atoms with Crippen LogP contribution in [0.5, 0.6) is 0 Å². The molecule has 1 N–H and O–H groups in total. The Labute approximate surface area is 164 Å². The van der Waals surface area contributed by atoms with Crippen molar-refractivity contribution >= 4 is 40.3 Å². The van der Waals surface area contributed by atoms with Crippen molar-refractivity contribution in [3.05, 3.63) is 86.7 Å². The van der Waals surface area contributed by atoms with Crippen LogP contribution < -0.4 is 4.90 Å². The molecular formula is C20H14ClNO4S. The molecule has 0 bridgehead atoms.